The molecule has 2 aromatic heterocycles. The Morgan fingerprint density at radius 2 is 2.06 bits per heavy atom. The molecule has 0 spiro atoms. The molecule has 4 N–H and O–H groups in total. The second-order valence-corrected chi connectivity index (χ2v) is 3.68. The molecule has 0 bridgehead atoms. The highest BCUT2D eigenvalue weighted by Gasteiger charge is 2.04. The maximum Gasteiger partial charge on any atom is 0.325 e. The number of halogens is 1. The molecule has 0 aliphatic rings. The normalized spacial score (nSPS) is 10.6. The van der Waals surface area contributed by atoms with Gasteiger partial charge in [-0.2, -0.15) is 0 Å². The number of nitrogens with one attached hydrogen (secondary N) is 2. The van der Waals surface area contributed by atoms with Gasteiger partial charge in [-0.1, -0.05) is 17.7 Å². The van der Waals surface area contributed by atoms with Crippen molar-refractivity contribution in [2.75, 3.05) is 0 Å². The maximum absolute atomic E-state index is 11.1. The molecule has 0 amide bonds. The molecule has 3 aromatic rings. The molecule has 1 aromatic carbocycles. The van der Waals surface area contributed by atoms with Crippen LogP contribution in [0.5, 0.6) is 0 Å². The number of rotatable bonds is 0. The molecule has 0 saturated carbocycles. The van der Waals surface area contributed by atoms with Crippen molar-refractivity contribution >= 4 is 33.7 Å². The van der Waals surface area contributed by atoms with Gasteiger partial charge in [0.2, 0.25) is 0 Å². The first-order valence-electron chi connectivity index (χ1n) is 4.41. The van der Waals surface area contributed by atoms with E-state index in [0.29, 0.717) is 16.2 Å². The number of fused-ring (bicyclic) bond motifs is 2. The summed E-state index contributed by atoms with van der Waals surface area (Å²) in [5.74, 6) is 0. The van der Waals surface area contributed by atoms with E-state index in [1.807, 2.05) is 18.2 Å². The quantitative estimate of drug-likeness (QED) is 0.615. The summed E-state index contributed by atoms with van der Waals surface area (Å²) in [6, 6.07) is 7.29. The average Bonchev–Trinajstić information content (AvgIpc) is 2.55. The summed E-state index contributed by atoms with van der Waals surface area (Å²) in [5, 5.41) is 1.46. The van der Waals surface area contributed by atoms with Gasteiger partial charge in [-0.05, 0) is 18.2 Å². The first-order chi connectivity index (χ1) is 7.24. The zero-order valence-corrected chi connectivity index (χ0v) is 8.80. The van der Waals surface area contributed by atoms with Crippen LogP contribution in [0.4, 0.5) is 0 Å². The number of aromatic amines is 2. The number of nitrogens with zero attached hydrogens (tertiary/aromatic N) is 1. The lowest BCUT2D eigenvalue weighted by Gasteiger charge is -1.98. The number of aromatic nitrogens is 3. The van der Waals surface area contributed by atoms with Gasteiger partial charge in [0.05, 0.1) is 16.1 Å². The van der Waals surface area contributed by atoms with Crippen LogP contribution in [0.15, 0.2) is 29.1 Å². The minimum Gasteiger partial charge on any atom is -0.412 e. The van der Waals surface area contributed by atoms with Crippen LogP contribution in [0.25, 0.3) is 22.1 Å². The van der Waals surface area contributed by atoms with Crippen molar-refractivity contribution in [3.05, 3.63) is 39.8 Å². The molecular weight excluding hydrogens is 230 g/mol. The van der Waals surface area contributed by atoms with Crippen molar-refractivity contribution in [1.29, 1.82) is 0 Å². The van der Waals surface area contributed by atoms with Gasteiger partial charge in [0.15, 0.2) is 5.65 Å². The third-order valence-corrected chi connectivity index (χ3v) is 2.62. The van der Waals surface area contributed by atoms with E-state index in [1.165, 1.54) is 0 Å². The number of benzene rings is 1. The lowest BCUT2D eigenvalue weighted by molar-refractivity contribution is 0.824. The number of hydrogen-bond donors (Lipinski definition) is 2. The first kappa shape index (κ1) is 10.7. The Balaban J connectivity index is 0.000000963. The molecule has 5 nitrogen and oxygen atoms in total. The number of hydrogen-bond acceptors (Lipinski definition) is 2. The Bertz CT molecular complexity index is 717. The van der Waals surface area contributed by atoms with E-state index in [4.69, 9.17) is 11.6 Å². The molecule has 6 heteroatoms. The minimum absolute atomic E-state index is 0. The fourth-order valence-electron chi connectivity index (χ4n) is 1.61. The molecule has 16 heavy (non-hydrogen) atoms. The molecule has 2 heterocycles. The van der Waals surface area contributed by atoms with Gasteiger partial charge in [-0.15, -0.1) is 0 Å². The Hall–Kier alpha value is -1.85. The van der Waals surface area contributed by atoms with Crippen molar-refractivity contribution < 1.29 is 5.48 Å². The molecule has 82 valence electrons. The number of imidazole rings is 1. The van der Waals surface area contributed by atoms with Crippen LogP contribution in [0.3, 0.4) is 0 Å². The molecule has 0 unspecified atom stereocenters. The topological polar surface area (TPSA) is 93.0 Å². The Kier molecular flexibility index (Phi) is 2.41. The summed E-state index contributed by atoms with van der Waals surface area (Å²) in [5.41, 5.74) is 1.73. The Morgan fingerprint density at radius 3 is 2.88 bits per heavy atom. The van der Waals surface area contributed by atoms with Crippen molar-refractivity contribution in [2.45, 2.75) is 0 Å². The summed E-state index contributed by atoms with van der Waals surface area (Å²) in [6.07, 6.45) is 0. The Labute approximate surface area is 94.4 Å². The third kappa shape index (κ3) is 1.46. The monoisotopic (exact) mass is 237 g/mol. The molecule has 0 fully saturated rings. The standard InChI is InChI=1S/C10H6ClN3O.H2O/c11-6-2-1-3-7-5(6)4-8-9(12-7)14-10(15)13-8;/h1-4H,(H2,12,13,14,15);1H2. The van der Waals surface area contributed by atoms with Crippen molar-refractivity contribution in [2.24, 2.45) is 0 Å². The molecule has 0 saturated heterocycles. The summed E-state index contributed by atoms with van der Waals surface area (Å²) in [7, 11) is 0. The summed E-state index contributed by atoms with van der Waals surface area (Å²) < 4.78 is 0. The highest BCUT2D eigenvalue weighted by Crippen LogP contribution is 2.23. The van der Waals surface area contributed by atoms with E-state index in [0.717, 1.165) is 10.9 Å². The fraction of sp³-hybridized carbons (Fsp3) is 0. The van der Waals surface area contributed by atoms with E-state index in [1.54, 1.807) is 6.07 Å². The van der Waals surface area contributed by atoms with Crippen LogP contribution < -0.4 is 5.69 Å². The lowest BCUT2D eigenvalue weighted by atomic mass is 10.2. The van der Waals surface area contributed by atoms with Gasteiger partial charge < -0.3 is 10.5 Å². The molecular formula is C10H8ClN3O2. The minimum atomic E-state index is -0.260. The first-order valence-corrected chi connectivity index (χ1v) is 4.79. The van der Waals surface area contributed by atoms with Gasteiger partial charge in [0.25, 0.3) is 0 Å². The smallest absolute Gasteiger partial charge is 0.325 e. The second kappa shape index (κ2) is 3.62. The highest BCUT2D eigenvalue weighted by atomic mass is 35.5. The Morgan fingerprint density at radius 1 is 1.25 bits per heavy atom. The second-order valence-electron chi connectivity index (χ2n) is 3.27. The van der Waals surface area contributed by atoms with Gasteiger partial charge >= 0.3 is 5.69 Å². The molecule has 0 atom stereocenters. The zero-order chi connectivity index (χ0) is 10.4. The van der Waals surface area contributed by atoms with Gasteiger partial charge in [-0.25, -0.2) is 9.78 Å². The SMILES string of the molecule is O.O=c1[nH]c2cc3c(Cl)cccc3nc2[nH]1. The van der Waals surface area contributed by atoms with Crippen molar-refractivity contribution in [3.8, 4) is 0 Å². The molecule has 0 radical (unpaired) electrons. The maximum atomic E-state index is 11.1. The van der Waals surface area contributed by atoms with Crippen molar-refractivity contribution in [3.63, 3.8) is 0 Å². The van der Waals surface area contributed by atoms with Crippen molar-refractivity contribution in [1.82, 2.24) is 15.0 Å². The van der Waals surface area contributed by atoms with Crippen LogP contribution in [0.1, 0.15) is 0 Å². The largest absolute Gasteiger partial charge is 0.412 e. The number of pyridine rings is 1. The van der Waals surface area contributed by atoms with Gasteiger partial charge in [-0.3, -0.25) is 4.98 Å². The van der Waals surface area contributed by atoms with Crippen LogP contribution in [-0.2, 0) is 0 Å². The van der Waals surface area contributed by atoms with E-state index in [9.17, 15) is 4.79 Å². The van der Waals surface area contributed by atoms with E-state index in [2.05, 4.69) is 15.0 Å². The summed E-state index contributed by atoms with van der Waals surface area (Å²) in [6.45, 7) is 0. The number of H-pyrrole nitrogens is 2. The average molecular weight is 238 g/mol. The van der Waals surface area contributed by atoms with Gasteiger partial charge in [0.1, 0.15) is 0 Å². The summed E-state index contributed by atoms with van der Waals surface area (Å²) in [4.78, 5) is 20.6. The summed E-state index contributed by atoms with van der Waals surface area (Å²) >= 11 is 6.02. The highest BCUT2D eigenvalue weighted by molar-refractivity contribution is 6.35. The predicted octanol–water partition coefficient (Wildman–Crippen LogP) is 1.23. The van der Waals surface area contributed by atoms with E-state index >= 15 is 0 Å². The van der Waals surface area contributed by atoms with Gasteiger partial charge in [0, 0.05) is 5.39 Å². The van der Waals surface area contributed by atoms with Crippen LogP contribution in [-0.4, -0.2) is 20.4 Å². The molecule has 3 rings (SSSR count). The molecule has 0 aliphatic carbocycles. The van der Waals surface area contributed by atoms with E-state index < -0.39 is 0 Å². The molecule has 0 aliphatic heterocycles. The van der Waals surface area contributed by atoms with Crippen LogP contribution in [0, 0.1) is 0 Å². The van der Waals surface area contributed by atoms with E-state index in [-0.39, 0.29) is 11.2 Å². The zero-order valence-electron chi connectivity index (χ0n) is 8.04. The van der Waals surface area contributed by atoms with Crippen LogP contribution in [0.2, 0.25) is 5.02 Å². The van der Waals surface area contributed by atoms with Crippen LogP contribution >= 0.6 is 11.6 Å². The lowest BCUT2D eigenvalue weighted by Crippen LogP contribution is -1.99. The predicted molar refractivity (Wildman–Crippen MR) is 62.8 cm³/mol. The fourth-order valence-corrected chi connectivity index (χ4v) is 1.84. The third-order valence-electron chi connectivity index (χ3n) is 2.29.